The molecule has 0 aromatic heterocycles. The normalized spacial score (nSPS) is 12.6. The van der Waals surface area contributed by atoms with Crippen LogP contribution in [-0.2, 0) is 9.53 Å². The van der Waals surface area contributed by atoms with Crippen LogP contribution in [0.25, 0.3) is 0 Å². The number of halogens is 1. The van der Waals surface area contributed by atoms with Gasteiger partial charge in [-0.15, -0.1) is 0 Å². The summed E-state index contributed by atoms with van der Waals surface area (Å²) >= 11 is 0. The van der Waals surface area contributed by atoms with Gasteiger partial charge in [0.25, 0.3) is 0 Å². The van der Waals surface area contributed by atoms with Crippen molar-refractivity contribution in [1.82, 2.24) is 0 Å². The molecule has 0 spiro atoms. The number of carbonyl (C=O) groups excluding carboxylic acids is 1. The Morgan fingerprint density at radius 3 is 2.28 bits per heavy atom. The number of carbonyl (C=O) groups is 1. The van der Waals surface area contributed by atoms with Gasteiger partial charge >= 0.3 is 5.97 Å². The van der Waals surface area contributed by atoms with Crippen molar-refractivity contribution in [3.8, 4) is 6.07 Å². The Morgan fingerprint density at radius 1 is 1.16 bits per heavy atom. The number of hydrogen-bond donors (Lipinski definition) is 0. The summed E-state index contributed by atoms with van der Waals surface area (Å²) in [6.45, 7) is 20.6. The maximum atomic E-state index is 13.4. The number of nitrogens with zero attached hydrogens (tertiary/aromatic N) is 1. The summed E-state index contributed by atoms with van der Waals surface area (Å²) in [7, 11) is 0. The van der Waals surface area contributed by atoms with Crippen molar-refractivity contribution >= 4 is 5.97 Å². The van der Waals surface area contributed by atoms with E-state index in [4.69, 9.17) is 10.00 Å². The van der Waals surface area contributed by atoms with Gasteiger partial charge in [0.1, 0.15) is 17.7 Å². The van der Waals surface area contributed by atoms with Gasteiger partial charge in [-0.3, -0.25) is 0 Å². The molecule has 0 aliphatic carbocycles. The monoisotopic (exact) mass is 343 g/mol. The number of rotatable bonds is 10. The van der Waals surface area contributed by atoms with Gasteiger partial charge in [0.2, 0.25) is 0 Å². The molecule has 0 N–H and O–H groups in total. The third-order valence-corrected chi connectivity index (χ3v) is 3.51. The van der Waals surface area contributed by atoms with E-state index in [-0.39, 0.29) is 16.9 Å². The fraction of sp³-hybridized carbons (Fsp3) is 0.333. The van der Waals surface area contributed by atoms with Crippen LogP contribution in [-0.4, -0.2) is 5.97 Å². The fourth-order valence-electron chi connectivity index (χ4n) is 1.70. The summed E-state index contributed by atoms with van der Waals surface area (Å²) in [6, 6.07) is 1.55. The van der Waals surface area contributed by atoms with Crippen LogP contribution in [0, 0.1) is 23.2 Å². The standard InChI is InChI=1S/C21H26FNO2/c1-14(2)8-9-15(3)16(4)10-11-17(5)21(24)25-19(7)12-20(22)18(6)13-23/h10-12,14-15H,4-9H2,1-3H3/b11-10-,20-12+. The molecule has 4 heteroatoms. The molecule has 0 fully saturated rings. The molecular formula is C21H26FNO2. The maximum Gasteiger partial charge on any atom is 0.342 e. The summed E-state index contributed by atoms with van der Waals surface area (Å²) in [6.07, 6.45) is 6.18. The lowest BCUT2D eigenvalue weighted by molar-refractivity contribution is -0.134. The molecule has 0 saturated heterocycles. The Kier molecular flexibility index (Phi) is 9.81. The minimum absolute atomic E-state index is 0.0891. The number of allylic oxidation sites excluding steroid dienone is 5. The van der Waals surface area contributed by atoms with Gasteiger partial charge in [0.15, 0.2) is 0 Å². The molecule has 1 atom stereocenters. The van der Waals surface area contributed by atoms with Crippen LogP contribution in [0.2, 0.25) is 0 Å². The molecule has 0 aliphatic heterocycles. The molecule has 25 heavy (non-hydrogen) atoms. The molecule has 0 amide bonds. The molecule has 0 saturated carbocycles. The second-order valence-corrected chi connectivity index (χ2v) is 6.24. The Balaban J connectivity index is 4.63. The van der Waals surface area contributed by atoms with Crippen molar-refractivity contribution in [2.75, 3.05) is 0 Å². The van der Waals surface area contributed by atoms with E-state index in [9.17, 15) is 9.18 Å². The number of ether oxygens (including phenoxy) is 1. The number of nitriles is 1. The number of esters is 1. The largest absolute Gasteiger partial charge is 0.423 e. The molecule has 134 valence electrons. The van der Waals surface area contributed by atoms with Crippen molar-refractivity contribution in [3.05, 3.63) is 72.8 Å². The highest BCUT2D eigenvalue weighted by Crippen LogP contribution is 2.20. The Hall–Kier alpha value is -2.67. The molecule has 0 aromatic rings. The average Bonchev–Trinajstić information content (AvgIpc) is 2.55. The van der Waals surface area contributed by atoms with Crippen LogP contribution in [0.4, 0.5) is 4.39 Å². The minimum Gasteiger partial charge on any atom is -0.423 e. The van der Waals surface area contributed by atoms with E-state index < -0.39 is 11.8 Å². The third-order valence-electron chi connectivity index (χ3n) is 3.51. The summed E-state index contributed by atoms with van der Waals surface area (Å²) in [5.74, 6) is -0.978. The van der Waals surface area contributed by atoms with E-state index in [2.05, 4.69) is 47.1 Å². The third kappa shape index (κ3) is 9.26. The van der Waals surface area contributed by atoms with Crippen LogP contribution < -0.4 is 0 Å². The highest BCUT2D eigenvalue weighted by molar-refractivity contribution is 5.91. The van der Waals surface area contributed by atoms with Gasteiger partial charge < -0.3 is 4.74 Å². The van der Waals surface area contributed by atoms with Crippen LogP contribution in [0.1, 0.15) is 33.6 Å². The molecule has 1 unspecified atom stereocenters. The first kappa shape index (κ1) is 22.3. The fourth-order valence-corrected chi connectivity index (χ4v) is 1.70. The van der Waals surface area contributed by atoms with Gasteiger partial charge in [-0.2, -0.15) is 5.26 Å². The number of hydrogen-bond acceptors (Lipinski definition) is 3. The van der Waals surface area contributed by atoms with Crippen molar-refractivity contribution in [3.63, 3.8) is 0 Å². The summed E-state index contributed by atoms with van der Waals surface area (Å²) < 4.78 is 18.3. The maximum absolute atomic E-state index is 13.4. The first-order valence-electron chi connectivity index (χ1n) is 8.01. The van der Waals surface area contributed by atoms with Gasteiger partial charge in [-0.25, -0.2) is 9.18 Å². The van der Waals surface area contributed by atoms with E-state index in [1.807, 2.05) is 0 Å². The first-order valence-corrected chi connectivity index (χ1v) is 8.01. The van der Waals surface area contributed by atoms with Gasteiger partial charge in [0.05, 0.1) is 11.1 Å². The molecule has 0 aliphatic rings. The van der Waals surface area contributed by atoms with E-state index >= 15 is 0 Å². The first-order chi connectivity index (χ1) is 11.6. The summed E-state index contributed by atoms with van der Waals surface area (Å²) in [4.78, 5) is 11.9. The van der Waals surface area contributed by atoms with E-state index in [1.165, 1.54) is 6.08 Å². The molecule has 0 rings (SSSR count). The van der Waals surface area contributed by atoms with Gasteiger partial charge in [-0.05, 0) is 24.3 Å². The van der Waals surface area contributed by atoms with E-state index in [0.717, 1.165) is 24.5 Å². The lowest BCUT2D eigenvalue weighted by atomic mass is 9.93. The second kappa shape index (κ2) is 11.0. The molecule has 0 radical (unpaired) electrons. The van der Waals surface area contributed by atoms with E-state index in [0.29, 0.717) is 11.8 Å². The topological polar surface area (TPSA) is 50.1 Å². The van der Waals surface area contributed by atoms with Crippen LogP contribution in [0.5, 0.6) is 0 Å². The SMILES string of the molecule is C=C(/C=C(/F)C(=C)C#N)OC(=O)C(=C)/C=C\C(=C)C(C)CCC(C)C. The molecule has 3 nitrogen and oxygen atoms in total. The quantitative estimate of drug-likeness (QED) is 0.168. The van der Waals surface area contributed by atoms with Crippen LogP contribution >= 0.6 is 0 Å². The smallest absolute Gasteiger partial charge is 0.342 e. The zero-order chi connectivity index (χ0) is 19.6. The molecule has 0 heterocycles. The average molecular weight is 343 g/mol. The zero-order valence-electron chi connectivity index (χ0n) is 15.3. The Labute approximate surface area is 150 Å². The zero-order valence-corrected chi connectivity index (χ0v) is 15.3. The van der Waals surface area contributed by atoms with E-state index in [1.54, 1.807) is 12.1 Å². The predicted molar refractivity (Wildman–Crippen MR) is 99.8 cm³/mol. The van der Waals surface area contributed by atoms with Gasteiger partial charge in [0, 0.05) is 6.08 Å². The van der Waals surface area contributed by atoms with Crippen molar-refractivity contribution in [2.45, 2.75) is 33.6 Å². The highest BCUT2D eigenvalue weighted by atomic mass is 19.1. The molecule has 0 aromatic carbocycles. The lowest BCUT2D eigenvalue weighted by Crippen LogP contribution is -2.05. The van der Waals surface area contributed by atoms with Crippen LogP contribution in [0.15, 0.2) is 72.8 Å². The molecule has 0 bridgehead atoms. The Morgan fingerprint density at radius 2 is 1.76 bits per heavy atom. The minimum atomic E-state index is -0.909. The Bertz CT molecular complexity index is 660. The van der Waals surface area contributed by atoms with Crippen molar-refractivity contribution in [1.29, 1.82) is 5.26 Å². The second-order valence-electron chi connectivity index (χ2n) is 6.24. The molecular weight excluding hydrogens is 317 g/mol. The van der Waals surface area contributed by atoms with Crippen LogP contribution in [0.3, 0.4) is 0 Å². The summed E-state index contributed by atoms with van der Waals surface area (Å²) in [5, 5.41) is 8.52. The van der Waals surface area contributed by atoms with Crippen molar-refractivity contribution in [2.24, 2.45) is 11.8 Å². The highest BCUT2D eigenvalue weighted by Gasteiger charge is 2.10. The summed E-state index contributed by atoms with van der Waals surface area (Å²) in [5.41, 5.74) is 0.610. The van der Waals surface area contributed by atoms with Crippen molar-refractivity contribution < 1.29 is 13.9 Å². The predicted octanol–water partition coefficient (Wildman–Crippen LogP) is 5.72. The lowest BCUT2D eigenvalue weighted by Gasteiger charge is -2.13. The van der Waals surface area contributed by atoms with Gasteiger partial charge in [-0.1, -0.05) is 65.2 Å².